The predicted molar refractivity (Wildman–Crippen MR) is 71.3 cm³/mol. The normalized spacial score (nSPS) is 18.2. The highest BCUT2D eigenvalue weighted by molar-refractivity contribution is 5.95. The van der Waals surface area contributed by atoms with Crippen LogP contribution in [-0.4, -0.2) is 29.3 Å². The highest BCUT2D eigenvalue weighted by atomic mass is 16.6. The maximum Gasteiger partial charge on any atom is 0.292 e. The number of primary amides is 1. The number of rotatable bonds is 4. The SMILES string of the molecule is NC(=O)c1ccc([N+](=O)[O-])c(NC2CCCNC2=O)c1. The monoisotopic (exact) mass is 278 g/mol. The molecular weight excluding hydrogens is 264 g/mol. The molecule has 8 nitrogen and oxygen atoms in total. The van der Waals surface area contributed by atoms with Crippen molar-refractivity contribution < 1.29 is 14.5 Å². The number of nitrogens with two attached hydrogens (primary N) is 1. The first-order chi connectivity index (χ1) is 9.49. The second kappa shape index (κ2) is 5.55. The smallest absolute Gasteiger partial charge is 0.292 e. The fourth-order valence-corrected chi connectivity index (χ4v) is 2.06. The van der Waals surface area contributed by atoms with Crippen molar-refractivity contribution in [3.05, 3.63) is 33.9 Å². The molecule has 1 saturated heterocycles. The average Bonchev–Trinajstić information content (AvgIpc) is 2.41. The molecule has 106 valence electrons. The van der Waals surface area contributed by atoms with Gasteiger partial charge in [0.15, 0.2) is 0 Å². The fraction of sp³-hybridized carbons (Fsp3) is 0.333. The van der Waals surface area contributed by atoms with Gasteiger partial charge in [0.1, 0.15) is 11.7 Å². The van der Waals surface area contributed by atoms with E-state index in [0.29, 0.717) is 13.0 Å². The standard InChI is InChI=1S/C12H14N4O4/c13-11(17)7-3-4-10(16(19)20)9(6-7)15-8-2-1-5-14-12(8)18/h3-4,6,8,15H,1-2,5H2,(H2,13,17)(H,14,18). The Morgan fingerprint density at radius 3 is 2.85 bits per heavy atom. The van der Waals surface area contributed by atoms with Crippen molar-refractivity contribution in [2.45, 2.75) is 18.9 Å². The van der Waals surface area contributed by atoms with Crippen LogP contribution < -0.4 is 16.4 Å². The topological polar surface area (TPSA) is 127 Å². The predicted octanol–water partition coefficient (Wildman–Crippen LogP) is 0.384. The Labute approximate surface area is 114 Å². The van der Waals surface area contributed by atoms with E-state index in [1.165, 1.54) is 18.2 Å². The Kier molecular flexibility index (Phi) is 3.83. The van der Waals surface area contributed by atoms with Gasteiger partial charge in [0, 0.05) is 18.2 Å². The number of anilines is 1. The van der Waals surface area contributed by atoms with Crippen LogP contribution in [0.25, 0.3) is 0 Å². The molecule has 0 radical (unpaired) electrons. The summed E-state index contributed by atoms with van der Waals surface area (Å²) in [5, 5.41) is 16.5. The van der Waals surface area contributed by atoms with Crippen molar-refractivity contribution >= 4 is 23.2 Å². The first kappa shape index (κ1) is 13.8. The lowest BCUT2D eigenvalue weighted by atomic mass is 10.1. The highest BCUT2D eigenvalue weighted by Crippen LogP contribution is 2.27. The van der Waals surface area contributed by atoms with E-state index in [-0.39, 0.29) is 22.8 Å². The summed E-state index contributed by atoms with van der Waals surface area (Å²) in [6, 6.07) is 3.23. The molecule has 2 rings (SSSR count). The molecule has 0 aliphatic carbocycles. The Hall–Kier alpha value is -2.64. The number of piperidine rings is 1. The molecule has 1 heterocycles. The van der Waals surface area contributed by atoms with Crippen LogP contribution in [0.2, 0.25) is 0 Å². The highest BCUT2D eigenvalue weighted by Gasteiger charge is 2.25. The minimum atomic E-state index is -0.684. The van der Waals surface area contributed by atoms with Crippen LogP contribution in [0.1, 0.15) is 23.2 Å². The van der Waals surface area contributed by atoms with Crippen molar-refractivity contribution in [1.82, 2.24) is 5.32 Å². The number of hydrogen-bond donors (Lipinski definition) is 3. The van der Waals surface area contributed by atoms with Gasteiger partial charge in [0.25, 0.3) is 5.69 Å². The number of nitro benzene ring substituents is 1. The van der Waals surface area contributed by atoms with Crippen LogP contribution in [0.15, 0.2) is 18.2 Å². The fourth-order valence-electron chi connectivity index (χ4n) is 2.06. The van der Waals surface area contributed by atoms with Crippen molar-refractivity contribution in [2.24, 2.45) is 5.73 Å². The minimum absolute atomic E-state index is 0.119. The molecular formula is C12H14N4O4. The molecule has 4 N–H and O–H groups in total. The summed E-state index contributed by atoms with van der Waals surface area (Å²) < 4.78 is 0. The van der Waals surface area contributed by atoms with Crippen LogP contribution in [0.4, 0.5) is 11.4 Å². The summed E-state index contributed by atoms with van der Waals surface area (Å²) in [6.07, 6.45) is 1.36. The maximum atomic E-state index is 11.7. The lowest BCUT2D eigenvalue weighted by Crippen LogP contribution is -2.44. The zero-order chi connectivity index (χ0) is 14.7. The Balaban J connectivity index is 2.32. The largest absolute Gasteiger partial charge is 0.368 e. The molecule has 1 aliphatic rings. The zero-order valence-corrected chi connectivity index (χ0v) is 10.6. The minimum Gasteiger partial charge on any atom is -0.368 e. The van der Waals surface area contributed by atoms with Crippen LogP contribution in [-0.2, 0) is 4.79 Å². The number of nitrogens with zero attached hydrogens (tertiary/aromatic N) is 1. The van der Waals surface area contributed by atoms with Gasteiger partial charge >= 0.3 is 0 Å². The number of nitrogens with one attached hydrogen (secondary N) is 2. The van der Waals surface area contributed by atoms with E-state index in [1.807, 2.05) is 0 Å². The van der Waals surface area contributed by atoms with Gasteiger partial charge in [-0.15, -0.1) is 0 Å². The Bertz CT molecular complexity index is 573. The lowest BCUT2D eigenvalue weighted by Gasteiger charge is -2.23. The van der Waals surface area contributed by atoms with Crippen molar-refractivity contribution in [3.63, 3.8) is 0 Å². The first-order valence-corrected chi connectivity index (χ1v) is 6.11. The molecule has 20 heavy (non-hydrogen) atoms. The van der Waals surface area contributed by atoms with Crippen LogP contribution >= 0.6 is 0 Å². The number of carbonyl (C=O) groups is 2. The van der Waals surface area contributed by atoms with Gasteiger partial charge in [-0.05, 0) is 25.0 Å². The van der Waals surface area contributed by atoms with E-state index in [4.69, 9.17) is 5.73 Å². The van der Waals surface area contributed by atoms with E-state index in [2.05, 4.69) is 10.6 Å². The third-order valence-corrected chi connectivity index (χ3v) is 3.09. The molecule has 1 atom stereocenters. The molecule has 0 bridgehead atoms. The van der Waals surface area contributed by atoms with Gasteiger partial charge < -0.3 is 16.4 Å². The van der Waals surface area contributed by atoms with Gasteiger partial charge in [-0.25, -0.2) is 0 Å². The van der Waals surface area contributed by atoms with Crippen LogP contribution in [0, 0.1) is 10.1 Å². The van der Waals surface area contributed by atoms with Crippen molar-refractivity contribution in [2.75, 3.05) is 11.9 Å². The second-order valence-corrected chi connectivity index (χ2v) is 4.48. The number of amides is 2. The molecule has 8 heteroatoms. The van der Waals surface area contributed by atoms with E-state index >= 15 is 0 Å². The zero-order valence-electron chi connectivity index (χ0n) is 10.6. The second-order valence-electron chi connectivity index (χ2n) is 4.48. The van der Waals surface area contributed by atoms with E-state index in [9.17, 15) is 19.7 Å². The van der Waals surface area contributed by atoms with Gasteiger partial charge in [-0.3, -0.25) is 19.7 Å². The summed E-state index contributed by atoms with van der Waals surface area (Å²) in [4.78, 5) is 33.2. The van der Waals surface area contributed by atoms with Crippen molar-refractivity contribution in [3.8, 4) is 0 Å². The maximum absolute atomic E-state index is 11.7. The van der Waals surface area contributed by atoms with E-state index in [1.54, 1.807) is 0 Å². The molecule has 1 fully saturated rings. The van der Waals surface area contributed by atoms with Crippen LogP contribution in [0.3, 0.4) is 0 Å². The molecule has 2 amide bonds. The number of hydrogen-bond acceptors (Lipinski definition) is 5. The molecule has 1 unspecified atom stereocenters. The summed E-state index contributed by atoms with van der Waals surface area (Å²) >= 11 is 0. The summed E-state index contributed by atoms with van der Waals surface area (Å²) in [5.41, 5.74) is 5.22. The average molecular weight is 278 g/mol. The Morgan fingerprint density at radius 1 is 1.50 bits per heavy atom. The first-order valence-electron chi connectivity index (χ1n) is 6.11. The van der Waals surface area contributed by atoms with E-state index in [0.717, 1.165) is 6.42 Å². The molecule has 1 aromatic carbocycles. The molecule has 1 aromatic rings. The number of nitro groups is 1. The summed E-state index contributed by atoms with van der Waals surface area (Å²) in [6.45, 7) is 0.598. The number of benzene rings is 1. The lowest BCUT2D eigenvalue weighted by molar-refractivity contribution is -0.384. The van der Waals surface area contributed by atoms with Crippen LogP contribution in [0.5, 0.6) is 0 Å². The molecule has 0 saturated carbocycles. The summed E-state index contributed by atoms with van der Waals surface area (Å²) in [7, 11) is 0. The number of carbonyl (C=O) groups excluding carboxylic acids is 2. The third kappa shape index (κ3) is 2.85. The van der Waals surface area contributed by atoms with Gasteiger partial charge in [-0.2, -0.15) is 0 Å². The van der Waals surface area contributed by atoms with Gasteiger partial charge in [-0.1, -0.05) is 0 Å². The quantitative estimate of drug-likeness (QED) is 0.542. The van der Waals surface area contributed by atoms with E-state index < -0.39 is 16.9 Å². The van der Waals surface area contributed by atoms with Gasteiger partial charge in [0.05, 0.1) is 4.92 Å². The summed E-state index contributed by atoms with van der Waals surface area (Å²) in [5.74, 6) is -0.897. The Morgan fingerprint density at radius 2 is 2.25 bits per heavy atom. The molecule has 1 aliphatic heterocycles. The van der Waals surface area contributed by atoms with Gasteiger partial charge in [0.2, 0.25) is 11.8 Å². The third-order valence-electron chi connectivity index (χ3n) is 3.09. The molecule has 0 spiro atoms. The van der Waals surface area contributed by atoms with Crippen molar-refractivity contribution in [1.29, 1.82) is 0 Å². The molecule has 0 aromatic heterocycles.